The Morgan fingerprint density at radius 3 is 1.36 bits per heavy atom. The van der Waals surface area contributed by atoms with E-state index in [1.54, 1.807) is 0 Å². The third kappa shape index (κ3) is 11.2. The predicted octanol–water partition coefficient (Wildman–Crippen LogP) is -0.111. The molecule has 0 radical (unpaired) electrons. The summed E-state index contributed by atoms with van der Waals surface area (Å²) >= 11 is 0.726. The van der Waals surface area contributed by atoms with Crippen LogP contribution in [0, 0.1) is 11.3 Å². The molecule has 45 heavy (non-hydrogen) atoms. The van der Waals surface area contributed by atoms with Gasteiger partial charge < -0.3 is 42.6 Å². The quantitative estimate of drug-likeness (QED) is 0.208. The smallest absolute Gasteiger partial charge is 0.303 e. The Morgan fingerprint density at radius 1 is 0.556 bits per heavy atom. The lowest BCUT2D eigenvalue weighted by Crippen LogP contribution is -2.64. The second-order valence-corrected chi connectivity index (χ2v) is 11.1. The summed E-state index contributed by atoms with van der Waals surface area (Å²) in [5.74, 6) is -5.63. The van der Waals surface area contributed by atoms with Crippen LogP contribution in [0.1, 0.15) is 48.5 Å². The maximum Gasteiger partial charge on any atom is 0.303 e. The van der Waals surface area contributed by atoms with Crippen molar-refractivity contribution in [1.29, 1.82) is 5.26 Å². The number of hydrogen-bond donors (Lipinski definition) is 0. The molecule has 18 heteroatoms. The highest BCUT2D eigenvalue weighted by Gasteiger charge is 2.57. The number of nitriles is 1. The molecule has 0 amide bonds. The summed E-state index contributed by atoms with van der Waals surface area (Å²) in [6.07, 6.45) is -11.3. The van der Waals surface area contributed by atoms with Gasteiger partial charge in [0.25, 0.3) is 0 Å². The van der Waals surface area contributed by atoms with E-state index < -0.39 is 115 Å². The van der Waals surface area contributed by atoms with Crippen LogP contribution in [0.5, 0.6) is 0 Å². The maximum atomic E-state index is 12.2. The Kier molecular flexibility index (Phi) is 14.0. The molecule has 0 unspecified atom stereocenters. The molecule has 2 fully saturated rings. The van der Waals surface area contributed by atoms with Crippen LogP contribution in [0.4, 0.5) is 0 Å². The lowest BCUT2D eigenvalue weighted by atomic mass is 9.97. The summed E-state index contributed by atoms with van der Waals surface area (Å²) in [4.78, 5) is 83.9. The van der Waals surface area contributed by atoms with E-state index in [1.807, 2.05) is 6.07 Å². The normalized spacial score (nSPS) is 30.8. The fourth-order valence-corrected chi connectivity index (χ4v) is 6.13. The van der Waals surface area contributed by atoms with E-state index >= 15 is 0 Å². The number of hydrogen-bond acceptors (Lipinski definition) is 18. The maximum absolute atomic E-state index is 12.2. The van der Waals surface area contributed by atoms with Gasteiger partial charge in [-0.2, -0.15) is 5.26 Å². The molecule has 2 heterocycles. The van der Waals surface area contributed by atoms with Gasteiger partial charge in [0.15, 0.2) is 36.6 Å². The fourth-order valence-electron chi connectivity index (χ4n) is 4.61. The summed E-state index contributed by atoms with van der Waals surface area (Å²) in [7, 11) is 0. The van der Waals surface area contributed by atoms with Gasteiger partial charge in [0.1, 0.15) is 30.9 Å². The first-order valence-electron chi connectivity index (χ1n) is 13.5. The van der Waals surface area contributed by atoms with Crippen molar-refractivity contribution in [3.8, 4) is 6.07 Å². The van der Waals surface area contributed by atoms with E-state index in [2.05, 4.69) is 0 Å². The van der Waals surface area contributed by atoms with Crippen LogP contribution in [0.2, 0.25) is 0 Å². The summed E-state index contributed by atoms with van der Waals surface area (Å²) < 4.78 is 49.2. The molecule has 10 atom stereocenters. The van der Waals surface area contributed by atoms with Crippen LogP contribution < -0.4 is 0 Å². The van der Waals surface area contributed by atoms with Gasteiger partial charge in [-0.05, 0) is 0 Å². The van der Waals surface area contributed by atoms with E-state index in [9.17, 15) is 38.8 Å². The average Bonchev–Trinajstić information content (AvgIpc) is 2.90. The van der Waals surface area contributed by atoms with Gasteiger partial charge in [0, 0.05) is 48.5 Å². The second kappa shape index (κ2) is 16.9. The molecule has 2 aliphatic heterocycles. The van der Waals surface area contributed by atoms with Gasteiger partial charge in [0.05, 0.1) is 11.3 Å². The Hall–Kier alpha value is -3.95. The van der Waals surface area contributed by atoms with Crippen molar-refractivity contribution in [1.82, 2.24) is 0 Å². The molecule has 2 saturated heterocycles. The van der Waals surface area contributed by atoms with Crippen molar-refractivity contribution in [2.75, 3.05) is 13.2 Å². The molecule has 0 aromatic heterocycles. The number of nitrogens with zero attached hydrogens (tertiary/aromatic N) is 1. The van der Waals surface area contributed by atoms with Crippen molar-refractivity contribution in [3.63, 3.8) is 0 Å². The third-order valence-electron chi connectivity index (χ3n) is 6.06. The molecule has 0 N–H and O–H groups in total. The van der Waals surface area contributed by atoms with Gasteiger partial charge in [-0.15, -0.1) is 11.8 Å². The molecule has 0 spiro atoms. The van der Waals surface area contributed by atoms with Crippen LogP contribution in [0.3, 0.4) is 0 Å². The lowest BCUT2D eigenvalue weighted by molar-refractivity contribution is -0.238. The summed E-state index contributed by atoms with van der Waals surface area (Å²) in [5, 5.41) is 8.82. The lowest BCUT2D eigenvalue weighted by Gasteiger charge is -2.47. The summed E-state index contributed by atoms with van der Waals surface area (Å²) in [5.41, 5.74) is -1.39. The Morgan fingerprint density at radius 2 is 0.933 bits per heavy atom. The fraction of sp³-hybridized carbons (Fsp3) is 0.704. The van der Waals surface area contributed by atoms with Crippen molar-refractivity contribution in [2.45, 2.75) is 108 Å². The first-order valence-corrected chi connectivity index (χ1v) is 14.5. The van der Waals surface area contributed by atoms with E-state index in [4.69, 9.17) is 42.6 Å². The molecule has 250 valence electrons. The standard InChI is InChI=1S/C27H35NO16S/c1-11(29)36-9-19-22(39-14(4)32)24(41-16(6)34)26(18(8-28)43-19)45-27-25(42-17(7)35)23(40-15(5)33)21(38-13(3)31)20(44-27)10-37-12(2)30/h18-27H,9-10H2,1-7H3/t18-,19+,20+,21+,22-,23-,24-,25+,26-,27-/m0/s1. The second-order valence-electron chi connectivity index (χ2n) is 9.84. The van der Waals surface area contributed by atoms with Crippen LogP contribution in [0.25, 0.3) is 0 Å². The largest absolute Gasteiger partial charge is 0.463 e. The van der Waals surface area contributed by atoms with Crippen LogP contribution in [-0.4, -0.2) is 115 Å². The summed E-state index contributed by atoms with van der Waals surface area (Å²) in [6.45, 7) is 6.57. The highest BCUT2D eigenvalue weighted by atomic mass is 32.2. The highest BCUT2D eigenvalue weighted by Crippen LogP contribution is 2.42. The minimum absolute atomic E-state index is 0.473. The Bertz CT molecular complexity index is 1190. The van der Waals surface area contributed by atoms with Gasteiger partial charge in [0.2, 0.25) is 0 Å². The van der Waals surface area contributed by atoms with Gasteiger partial charge in [-0.1, -0.05) is 0 Å². The molecule has 0 saturated carbocycles. The number of ether oxygens (including phenoxy) is 9. The van der Waals surface area contributed by atoms with Gasteiger partial charge in [-0.25, -0.2) is 0 Å². The molecule has 2 rings (SSSR count). The van der Waals surface area contributed by atoms with Crippen molar-refractivity contribution < 1.29 is 76.2 Å². The minimum atomic E-state index is -1.52. The average molecular weight is 662 g/mol. The number of carbonyl (C=O) groups is 7. The zero-order chi connectivity index (χ0) is 34.0. The van der Waals surface area contributed by atoms with E-state index in [1.165, 1.54) is 0 Å². The first kappa shape index (κ1) is 37.2. The Labute approximate surface area is 262 Å². The van der Waals surface area contributed by atoms with E-state index in [0.717, 1.165) is 60.2 Å². The third-order valence-corrected chi connectivity index (χ3v) is 7.53. The molecular weight excluding hydrogens is 626 g/mol. The number of carbonyl (C=O) groups excluding carboxylic acids is 7. The van der Waals surface area contributed by atoms with E-state index in [0.29, 0.717) is 0 Å². The van der Waals surface area contributed by atoms with Gasteiger partial charge >= 0.3 is 41.8 Å². The van der Waals surface area contributed by atoms with Crippen LogP contribution in [0.15, 0.2) is 0 Å². The van der Waals surface area contributed by atoms with E-state index in [-0.39, 0.29) is 0 Å². The van der Waals surface area contributed by atoms with Crippen LogP contribution in [-0.2, 0) is 76.2 Å². The number of thioether (sulfide) groups is 1. The molecule has 0 bridgehead atoms. The number of esters is 7. The predicted molar refractivity (Wildman–Crippen MR) is 145 cm³/mol. The van der Waals surface area contributed by atoms with Crippen molar-refractivity contribution in [2.24, 2.45) is 0 Å². The minimum Gasteiger partial charge on any atom is -0.463 e. The molecule has 0 aromatic rings. The van der Waals surface area contributed by atoms with Crippen LogP contribution >= 0.6 is 11.8 Å². The van der Waals surface area contributed by atoms with Crippen molar-refractivity contribution in [3.05, 3.63) is 0 Å². The molecular formula is C27H35NO16S. The molecule has 0 aromatic carbocycles. The highest BCUT2D eigenvalue weighted by molar-refractivity contribution is 8.00. The Balaban J connectivity index is 2.65. The number of rotatable bonds is 11. The molecule has 17 nitrogen and oxygen atoms in total. The first-order chi connectivity index (χ1) is 21.0. The van der Waals surface area contributed by atoms with Crippen molar-refractivity contribution >= 4 is 53.5 Å². The molecule has 0 aliphatic carbocycles. The topological polar surface area (TPSA) is 226 Å². The SMILES string of the molecule is CC(=O)OC[C@H]1O[C@@H](C#N)[C@H](S[C@@H]2O[C@H](COC(C)=O)[C@@H](OC(C)=O)[C@H](OC(C)=O)[C@H]2OC(C)=O)[C@@H](OC(C)=O)[C@H]1OC(C)=O. The zero-order valence-electron chi connectivity index (χ0n) is 25.6. The monoisotopic (exact) mass is 661 g/mol. The zero-order valence-corrected chi connectivity index (χ0v) is 26.4. The van der Waals surface area contributed by atoms with Gasteiger partial charge in [-0.3, -0.25) is 33.6 Å². The summed E-state index contributed by atoms with van der Waals surface area (Å²) in [6, 6.07) is 1.92. The molecule has 2 aliphatic rings.